The van der Waals surface area contributed by atoms with E-state index in [1.165, 1.54) is 24.6 Å². The van der Waals surface area contributed by atoms with Gasteiger partial charge in [-0.25, -0.2) is 0 Å². The van der Waals surface area contributed by atoms with Crippen molar-refractivity contribution in [3.63, 3.8) is 0 Å². The molecule has 1 atom stereocenters. The van der Waals surface area contributed by atoms with Gasteiger partial charge in [0.15, 0.2) is 0 Å². The van der Waals surface area contributed by atoms with Crippen LogP contribution in [0, 0.1) is 5.92 Å². The highest BCUT2D eigenvalue weighted by Crippen LogP contribution is 2.30. The molecule has 1 rings (SSSR count). The van der Waals surface area contributed by atoms with Crippen LogP contribution in [0.25, 0.3) is 0 Å². The van der Waals surface area contributed by atoms with Gasteiger partial charge in [0.1, 0.15) is 5.75 Å². The molecule has 0 saturated carbocycles. The van der Waals surface area contributed by atoms with E-state index in [1.807, 2.05) is 12.1 Å². The van der Waals surface area contributed by atoms with E-state index in [4.69, 9.17) is 4.74 Å². The van der Waals surface area contributed by atoms with Crippen LogP contribution in [0.5, 0.6) is 5.75 Å². The summed E-state index contributed by atoms with van der Waals surface area (Å²) >= 11 is 1.50. The highest BCUT2D eigenvalue weighted by molar-refractivity contribution is 7.99. The highest BCUT2D eigenvalue weighted by atomic mass is 32.2. The van der Waals surface area contributed by atoms with Gasteiger partial charge in [0.05, 0.1) is 13.0 Å². The molecule has 154 valence electrons. The first-order valence-corrected chi connectivity index (χ1v) is 11.3. The summed E-state index contributed by atoms with van der Waals surface area (Å²) in [5.41, 5.74) is 1.11. The zero-order valence-corrected chi connectivity index (χ0v) is 18.3. The van der Waals surface area contributed by atoms with Crippen LogP contribution in [0.15, 0.2) is 23.1 Å². The number of carbonyl (C=O) groups is 1. The molecule has 0 spiro atoms. The smallest absolute Gasteiger partial charge is 0.306 e. The van der Waals surface area contributed by atoms with Crippen molar-refractivity contribution in [2.75, 3.05) is 25.4 Å². The number of unbranched alkanes of at least 4 members (excludes halogenated alkanes) is 1. The first-order valence-electron chi connectivity index (χ1n) is 10.4. The standard InChI is InChI=1S/C22H37NO3S/c1-5-9-10-18(6-2)17-26-22(25)13-14-27-21-12-11-19(15-20(21)24)16-23(7-3)8-4/h11-12,15,18,24H,5-10,13-14,16-17H2,1-4H3. The molecule has 1 unspecified atom stereocenters. The summed E-state index contributed by atoms with van der Waals surface area (Å²) in [4.78, 5) is 15.1. The molecule has 1 aromatic rings. The largest absolute Gasteiger partial charge is 0.507 e. The number of hydrogen-bond acceptors (Lipinski definition) is 5. The Bertz CT molecular complexity index is 546. The Morgan fingerprint density at radius 1 is 1.22 bits per heavy atom. The second-order valence-corrected chi connectivity index (χ2v) is 8.10. The first-order chi connectivity index (χ1) is 13.0. The number of rotatable bonds is 14. The minimum absolute atomic E-state index is 0.143. The number of nitrogens with zero attached hydrogens (tertiary/aromatic N) is 1. The average Bonchev–Trinajstić information content (AvgIpc) is 2.67. The highest BCUT2D eigenvalue weighted by Gasteiger charge is 2.11. The summed E-state index contributed by atoms with van der Waals surface area (Å²) in [6, 6.07) is 5.83. The summed E-state index contributed by atoms with van der Waals surface area (Å²) < 4.78 is 5.43. The summed E-state index contributed by atoms with van der Waals surface area (Å²) in [5, 5.41) is 10.2. The molecule has 0 fully saturated rings. The lowest BCUT2D eigenvalue weighted by molar-refractivity contribution is -0.144. The fourth-order valence-electron chi connectivity index (χ4n) is 2.91. The normalized spacial score (nSPS) is 12.3. The van der Waals surface area contributed by atoms with Crippen molar-refractivity contribution in [3.05, 3.63) is 23.8 Å². The molecular formula is C22H37NO3S. The minimum Gasteiger partial charge on any atom is -0.507 e. The van der Waals surface area contributed by atoms with Crippen molar-refractivity contribution in [1.82, 2.24) is 4.90 Å². The van der Waals surface area contributed by atoms with Gasteiger partial charge in [0.2, 0.25) is 0 Å². The van der Waals surface area contributed by atoms with Gasteiger partial charge in [-0.05, 0) is 43.1 Å². The molecule has 1 N–H and O–H groups in total. The number of thioether (sulfide) groups is 1. The third-order valence-corrected chi connectivity index (χ3v) is 5.98. The van der Waals surface area contributed by atoms with Gasteiger partial charge in [-0.15, -0.1) is 11.8 Å². The SMILES string of the molecule is CCCCC(CC)COC(=O)CCSc1ccc(CN(CC)CC)cc1O. The molecule has 0 aliphatic carbocycles. The fraction of sp³-hybridized carbons (Fsp3) is 0.682. The zero-order chi connectivity index (χ0) is 20.1. The lowest BCUT2D eigenvalue weighted by atomic mass is 10.0. The van der Waals surface area contributed by atoms with Crippen LogP contribution in [0.1, 0.15) is 65.4 Å². The lowest BCUT2D eigenvalue weighted by Gasteiger charge is -2.18. The molecule has 5 heteroatoms. The van der Waals surface area contributed by atoms with Crippen LogP contribution in [0.4, 0.5) is 0 Å². The number of esters is 1. The van der Waals surface area contributed by atoms with E-state index in [9.17, 15) is 9.90 Å². The van der Waals surface area contributed by atoms with E-state index in [2.05, 4.69) is 38.7 Å². The maximum atomic E-state index is 12.0. The summed E-state index contributed by atoms with van der Waals surface area (Å²) in [6.07, 6.45) is 4.92. The maximum absolute atomic E-state index is 12.0. The second-order valence-electron chi connectivity index (χ2n) is 6.96. The van der Waals surface area contributed by atoms with E-state index in [0.29, 0.717) is 30.4 Å². The van der Waals surface area contributed by atoms with Crippen molar-refractivity contribution in [3.8, 4) is 5.75 Å². The van der Waals surface area contributed by atoms with Crippen molar-refractivity contribution in [2.45, 2.75) is 71.2 Å². The number of ether oxygens (including phenoxy) is 1. The van der Waals surface area contributed by atoms with Crippen molar-refractivity contribution >= 4 is 17.7 Å². The van der Waals surface area contributed by atoms with Gasteiger partial charge >= 0.3 is 5.97 Å². The Hall–Kier alpha value is -1.20. The molecule has 0 bridgehead atoms. The Kier molecular flexibility index (Phi) is 12.3. The first kappa shape index (κ1) is 23.8. The Morgan fingerprint density at radius 3 is 2.56 bits per heavy atom. The van der Waals surface area contributed by atoms with Gasteiger partial charge in [0, 0.05) is 17.2 Å². The van der Waals surface area contributed by atoms with Crippen LogP contribution < -0.4 is 0 Å². The van der Waals surface area contributed by atoms with Crippen molar-refractivity contribution < 1.29 is 14.6 Å². The van der Waals surface area contributed by atoms with Crippen LogP contribution in [-0.2, 0) is 16.1 Å². The third-order valence-electron chi connectivity index (χ3n) is 4.91. The quantitative estimate of drug-likeness (QED) is 0.334. The average molecular weight is 396 g/mol. The number of phenolic OH excluding ortho intramolecular Hbond substituents is 1. The van der Waals surface area contributed by atoms with Gasteiger partial charge in [-0.1, -0.05) is 53.0 Å². The van der Waals surface area contributed by atoms with E-state index in [1.54, 1.807) is 0 Å². The molecule has 27 heavy (non-hydrogen) atoms. The second kappa shape index (κ2) is 13.9. The Morgan fingerprint density at radius 2 is 1.96 bits per heavy atom. The van der Waals surface area contributed by atoms with Crippen LogP contribution in [-0.4, -0.2) is 41.4 Å². The molecule has 4 nitrogen and oxygen atoms in total. The lowest BCUT2D eigenvalue weighted by Crippen LogP contribution is -2.21. The molecule has 0 aromatic heterocycles. The summed E-state index contributed by atoms with van der Waals surface area (Å²) in [7, 11) is 0. The van der Waals surface area contributed by atoms with Gasteiger partial charge in [-0.3, -0.25) is 9.69 Å². The molecule has 0 saturated heterocycles. The predicted molar refractivity (Wildman–Crippen MR) is 114 cm³/mol. The van der Waals surface area contributed by atoms with E-state index < -0.39 is 0 Å². The summed E-state index contributed by atoms with van der Waals surface area (Å²) in [6.45, 7) is 12.0. The molecule has 0 aliphatic heterocycles. The number of aromatic hydroxyl groups is 1. The molecule has 0 aliphatic rings. The number of carbonyl (C=O) groups excluding carboxylic acids is 1. The van der Waals surface area contributed by atoms with Crippen LogP contribution >= 0.6 is 11.8 Å². The Labute approximate surface area is 169 Å². The fourth-order valence-corrected chi connectivity index (χ4v) is 3.77. The van der Waals surface area contributed by atoms with Crippen molar-refractivity contribution in [1.29, 1.82) is 0 Å². The predicted octanol–water partition coefficient (Wildman–Crippen LogP) is 5.48. The molecule has 1 aromatic carbocycles. The summed E-state index contributed by atoms with van der Waals surface area (Å²) in [5.74, 6) is 1.25. The van der Waals surface area contributed by atoms with Crippen LogP contribution in [0.3, 0.4) is 0 Å². The topological polar surface area (TPSA) is 49.8 Å². The zero-order valence-electron chi connectivity index (χ0n) is 17.5. The third kappa shape index (κ3) is 9.52. The molecule has 0 heterocycles. The molecule has 0 amide bonds. The number of phenols is 1. The molecular weight excluding hydrogens is 358 g/mol. The minimum atomic E-state index is -0.143. The van der Waals surface area contributed by atoms with E-state index in [-0.39, 0.29) is 5.97 Å². The van der Waals surface area contributed by atoms with Gasteiger partial charge in [0.25, 0.3) is 0 Å². The Balaban J connectivity index is 2.37. The monoisotopic (exact) mass is 395 g/mol. The van der Waals surface area contributed by atoms with Gasteiger partial charge in [-0.2, -0.15) is 0 Å². The maximum Gasteiger partial charge on any atom is 0.306 e. The number of hydrogen-bond donors (Lipinski definition) is 1. The molecule has 0 radical (unpaired) electrons. The number of benzene rings is 1. The van der Waals surface area contributed by atoms with Crippen LogP contribution in [0.2, 0.25) is 0 Å². The van der Waals surface area contributed by atoms with E-state index >= 15 is 0 Å². The van der Waals surface area contributed by atoms with Crippen molar-refractivity contribution in [2.24, 2.45) is 5.92 Å². The van der Waals surface area contributed by atoms with E-state index in [0.717, 1.165) is 42.9 Å². The van der Waals surface area contributed by atoms with Gasteiger partial charge < -0.3 is 9.84 Å².